The highest BCUT2D eigenvalue weighted by Crippen LogP contribution is 2.50. The second-order valence-electron chi connectivity index (χ2n) is 9.40. The van der Waals surface area contributed by atoms with Gasteiger partial charge in [0.05, 0.1) is 23.1 Å². The maximum atomic E-state index is 13.9. The van der Waals surface area contributed by atoms with Crippen LogP contribution in [0, 0.1) is 25.2 Å². The van der Waals surface area contributed by atoms with Gasteiger partial charge in [0.2, 0.25) is 0 Å². The van der Waals surface area contributed by atoms with Gasteiger partial charge in [0.15, 0.2) is 5.78 Å². The van der Waals surface area contributed by atoms with Crippen molar-refractivity contribution in [1.29, 1.82) is 5.26 Å². The van der Waals surface area contributed by atoms with Crippen LogP contribution in [0.5, 0.6) is 0 Å². The molecule has 2 aliphatic rings. The lowest BCUT2D eigenvalue weighted by Gasteiger charge is -2.41. The lowest BCUT2D eigenvalue weighted by atomic mass is 9.72. The quantitative estimate of drug-likeness (QED) is 0.401. The Kier molecular flexibility index (Phi) is 6.20. The highest BCUT2D eigenvalue weighted by molar-refractivity contribution is 7.12. The van der Waals surface area contributed by atoms with Gasteiger partial charge in [-0.2, -0.15) is 18.4 Å². The van der Waals surface area contributed by atoms with E-state index in [1.54, 1.807) is 11.3 Å². The Bertz CT molecular complexity index is 1490. The van der Waals surface area contributed by atoms with E-state index in [0.29, 0.717) is 17.7 Å². The number of thiophene rings is 1. The number of allylic oxidation sites excluding steroid dienone is 3. The van der Waals surface area contributed by atoms with Gasteiger partial charge in [0.1, 0.15) is 5.82 Å². The first-order chi connectivity index (χ1) is 17.6. The number of nitrogens with zero attached hydrogens (tertiary/aromatic N) is 2. The molecule has 3 aromatic rings. The van der Waals surface area contributed by atoms with E-state index in [1.165, 1.54) is 17.0 Å². The average Bonchev–Trinajstić information content (AvgIpc) is 3.20. The van der Waals surface area contributed by atoms with E-state index in [1.807, 2.05) is 50.2 Å². The molecule has 0 radical (unpaired) electrons. The smallest absolute Gasteiger partial charge is 0.384 e. The number of hydrogen-bond acceptors (Lipinski definition) is 5. The van der Waals surface area contributed by atoms with Crippen LogP contribution in [0.15, 0.2) is 83.3 Å². The van der Waals surface area contributed by atoms with E-state index in [0.717, 1.165) is 33.0 Å². The fourth-order valence-corrected chi connectivity index (χ4v) is 6.42. The zero-order valence-corrected chi connectivity index (χ0v) is 21.1. The van der Waals surface area contributed by atoms with Gasteiger partial charge in [-0.15, -0.1) is 11.3 Å². The Hall–Kier alpha value is -3.83. The summed E-state index contributed by atoms with van der Waals surface area (Å²) in [5.74, 6) is -0.893. The predicted octanol–water partition coefficient (Wildman–Crippen LogP) is 7.08. The molecule has 37 heavy (non-hydrogen) atoms. The van der Waals surface area contributed by atoms with Crippen molar-refractivity contribution in [3.05, 3.63) is 110 Å². The highest BCUT2D eigenvalue weighted by atomic mass is 32.1. The number of carbonyl (C=O) groups is 1. The molecule has 0 saturated heterocycles. The molecule has 0 spiro atoms. The van der Waals surface area contributed by atoms with Crippen molar-refractivity contribution in [3.63, 3.8) is 0 Å². The number of rotatable bonds is 3. The number of benzene rings is 2. The average molecular weight is 520 g/mol. The van der Waals surface area contributed by atoms with Crippen LogP contribution in [0.4, 0.5) is 18.9 Å². The highest BCUT2D eigenvalue weighted by Gasteiger charge is 2.44. The Morgan fingerprint density at radius 1 is 1.05 bits per heavy atom. The van der Waals surface area contributed by atoms with Crippen LogP contribution in [0.25, 0.3) is 0 Å². The van der Waals surface area contributed by atoms with Crippen LogP contribution in [0.2, 0.25) is 0 Å². The molecule has 188 valence electrons. The number of halogens is 3. The molecule has 2 N–H and O–H groups in total. The minimum absolute atomic E-state index is 0.0512. The van der Waals surface area contributed by atoms with Crippen molar-refractivity contribution < 1.29 is 18.0 Å². The Morgan fingerprint density at radius 3 is 2.41 bits per heavy atom. The van der Waals surface area contributed by atoms with Crippen LogP contribution in [0.1, 0.15) is 51.1 Å². The van der Waals surface area contributed by atoms with Crippen molar-refractivity contribution in [2.24, 2.45) is 5.73 Å². The van der Waals surface area contributed by atoms with Gasteiger partial charge in [0.25, 0.3) is 0 Å². The second-order valence-corrected chi connectivity index (χ2v) is 10.9. The third kappa shape index (κ3) is 4.34. The SMILES string of the molecule is Cc1cc(C2C(C#N)=C(N)N(c3cccc(C(F)(F)F)c3)C3=C2C(=O)CC(c2ccccc2)C3)c(C)s1. The maximum Gasteiger partial charge on any atom is 0.416 e. The zero-order valence-electron chi connectivity index (χ0n) is 20.3. The molecule has 1 aliphatic heterocycles. The predicted molar refractivity (Wildman–Crippen MR) is 138 cm³/mol. The Morgan fingerprint density at radius 2 is 1.78 bits per heavy atom. The fourth-order valence-electron chi connectivity index (χ4n) is 5.45. The molecule has 2 atom stereocenters. The molecular weight excluding hydrogens is 495 g/mol. The summed E-state index contributed by atoms with van der Waals surface area (Å²) in [7, 11) is 0. The molecule has 4 nitrogen and oxygen atoms in total. The topological polar surface area (TPSA) is 70.1 Å². The number of alkyl halides is 3. The number of hydrogen-bond donors (Lipinski definition) is 1. The first kappa shape index (κ1) is 24.8. The summed E-state index contributed by atoms with van der Waals surface area (Å²) in [6.45, 7) is 3.90. The van der Waals surface area contributed by atoms with Crippen LogP contribution in [0.3, 0.4) is 0 Å². The summed E-state index contributed by atoms with van der Waals surface area (Å²) in [6, 6.07) is 18.6. The summed E-state index contributed by atoms with van der Waals surface area (Å²) in [6.07, 6.45) is -3.90. The van der Waals surface area contributed by atoms with Gasteiger partial charge in [0, 0.05) is 33.1 Å². The number of carbonyl (C=O) groups excluding carboxylic acids is 1. The van der Waals surface area contributed by atoms with E-state index < -0.39 is 17.7 Å². The van der Waals surface area contributed by atoms with E-state index >= 15 is 0 Å². The molecule has 0 saturated carbocycles. The Labute approximate surface area is 217 Å². The summed E-state index contributed by atoms with van der Waals surface area (Å²) in [5.41, 5.74) is 8.92. The van der Waals surface area contributed by atoms with Gasteiger partial charge in [-0.3, -0.25) is 9.69 Å². The number of Topliss-reactive ketones (excluding diaryl/α,β-unsaturated/α-hetero) is 1. The lowest BCUT2D eigenvalue weighted by Crippen LogP contribution is -2.40. The summed E-state index contributed by atoms with van der Waals surface area (Å²) >= 11 is 1.57. The largest absolute Gasteiger partial charge is 0.416 e. The maximum absolute atomic E-state index is 13.9. The van der Waals surface area contributed by atoms with E-state index in [2.05, 4.69) is 6.07 Å². The van der Waals surface area contributed by atoms with E-state index in [4.69, 9.17) is 5.73 Å². The standard InChI is InChI=1S/C29H24F3N3OS/c1-16-11-22(17(2)37-16)26-23(15-33)28(34)35(21-10-6-9-20(14-21)29(30,31)32)24-12-19(13-25(36)27(24)26)18-7-4-3-5-8-18/h3-11,14,19,26H,12-13,34H2,1-2H3. The van der Waals surface area contributed by atoms with Gasteiger partial charge in [-0.25, -0.2) is 0 Å². The lowest BCUT2D eigenvalue weighted by molar-refractivity contribution is -0.137. The number of aryl methyl sites for hydroxylation is 2. The molecule has 2 aromatic carbocycles. The van der Waals surface area contributed by atoms with Crippen molar-refractivity contribution >= 4 is 22.8 Å². The van der Waals surface area contributed by atoms with Crippen molar-refractivity contribution in [2.45, 2.75) is 44.7 Å². The van der Waals surface area contributed by atoms with Crippen molar-refractivity contribution in [3.8, 4) is 6.07 Å². The van der Waals surface area contributed by atoms with Gasteiger partial charge in [-0.05, 0) is 61.6 Å². The van der Waals surface area contributed by atoms with Crippen molar-refractivity contribution in [2.75, 3.05) is 4.90 Å². The van der Waals surface area contributed by atoms with E-state index in [-0.39, 0.29) is 35.2 Å². The summed E-state index contributed by atoms with van der Waals surface area (Å²) < 4.78 is 40.8. The number of nitrogens with two attached hydrogens (primary N) is 1. The van der Waals surface area contributed by atoms with Gasteiger partial charge in [-0.1, -0.05) is 36.4 Å². The molecule has 8 heteroatoms. The van der Waals surface area contributed by atoms with Crippen LogP contribution in [-0.2, 0) is 11.0 Å². The molecular formula is C29H24F3N3OS. The Balaban J connectivity index is 1.75. The van der Waals surface area contributed by atoms with Gasteiger partial charge < -0.3 is 5.73 Å². The molecule has 5 rings (SSSR count). The zero-order chi connectivity index (χ0) is 26.5. The van der Waals surface area contributed by atoms with Crippen molar-refractivity contribution in [1.82, 2.24) is 0 Å². The number of ketones is 1. The number of anilines is 1. The monoisotopic (exact) mass is 519 g/mol. The third-order valence-electron chi connectivity index (χ3n) is 7.06. The van der Waals surface area contributed by atoms with Crippen LogP contribution >= 0.6 is 11.3 Å². The first-order valence-corrected chi connectivity index (χ1v) is 12.7. The molecule has 0 bridgehead atoms. The third-order valence-corrected chi connectivity index (χ3v) is 8.04. The van der Waals surface area contributed by atoms with Crippen LogP contribution < -0.4 is 10.6 Å². The van der Waals surface area contributed by atoms with E-state index in [9.17, 15) is 23.2 Å². The minimum atomic E-state index is -4.55. The summed E-state index contributed by atoms with van der Waals surface area (Å²) in [5, 5.41) is 10.2. The molecule has 2 heterocycles. The molecule has 0 fully saturated rings. The molecule has 1 aromatic heterocycles. The first-order valence-electron chi connectivity index (χ1n) is 11.9. The summed E-state index contributed by atoms with van der Waals surface area (Å²) in [4.78, 5) is 17.3. The fraction of sp³-hybridized carbons (Fsp3) is 0.241. The minimum Gasteiger partial charge on any atom is -0.384 e. The van der Waals surface area contributed by atoms with Crippen LogP contribution in [-0.4, -0.2) is 5.78 Å². The molecule has 2 unspecified atom stereocenters. The molecule has 1 aliphatic carbocycles. The number of nitriles is 1. The van der Waals surface area contributed by atoms with Gasteiger partial charge >= 0.3 is 6.18 Å². The second kappa shape index (κ2) is 9.24. The normalized spacial score (nSPS) is 20.2. The molecule has 0 amide bonds.